The number of furan rings is 1. The van der Waals surface area contributed by atoms with Crippen LogP contribution in [0.3, 0.4) is 0 Å². The summed E-state index contributed by atoms with van der Waals surface area (Å²) in [6, 6.07) is 7.57. The van der Waals surface area contributed by atoms with Crippen LogP contribution in [0.4, 0.5) is 0 Å². The predicted octanol–water partition coefficient (Wildman–Crippen LogP) is 2.76. The van der Waals surface area contributed by atoms with Crippen molar-refractivity contribution in [1.29, 1.82) is 0 Å². The number of ether oxygens (including phenoxy) is 1. The van der Waals surface area contributed by atoms with Gasteiger partial charge in [-0.1, -0.05) is 19.1 Å². The van der Waals surface area contributed by atoms with Gasteiger partial charge in [0.15, 0.2) is 5.76 Å². The van der Waals surface area contributed by atoms with Crippen LogP contribution in [0.1, 0.15) is 73.4 Å². The first-order valence-electron chi connectivity index (χ1n) is 15.8. The van der Waals surface area contributed by atoms with Crippen LogP contribution in [0, 0.1) is 0 Å². The van der Waals surface area contributed by atoms with E-state index in [0.717, 1.165) is 36.5 Å². The van der Waals surface area contributed by atoms with Crippen molar-refractivity contribution in [1.82, 2.24) is 25.3 Å². The number of likely N-dealkylation sites (N-methyl/N-ethyl adjacent to an activating group) is 1. The third-order valence-corrected chi connectivity index (χ3v) is 8.58. The molecule has 0 spiro atoms. The van der Waals surface area contributed by atoms with Gasteiger partial charge < -0.3 is 29.6 Å². The Kier molecular flexibility index (Phi) is 11.8. The average Bonchev–Trinajstić information content (AvgIpc) is 3.70. The van der Waals surface area contributed by atoms with Gasteiger partial charge in [0.1, 0.15) is 23.6 Å². The number of rotatable bonds is 7. The fraction of sp³-hybridized carbons (Fsp3) is 0.576. The normalized spacial score (nSPS) is 21.4. The zero-order valence-corrected chi connectivity index (χ0v) is 26.5. The van der Waals surface area contributed by atoms with Gasteiger partial charge in [-0.05, 0) is 69.5 Å². The number of carbonyl (C=O) groups is 4. The molecule has 2 atom stereocenters. The van der Waals surface area contributed by atoms with E-state index in [4.69, 9.17) is 9.15 Å². The molecule has 3 heterocycles. The van der Waals surface area contributed by atoms with Crippen LogP contribution in [0.25, 0.3) is 0 Å². The number of nitrogens with zero attached hydrogens (tertiary/aromatic N) is 3. The lowest BCUT2D eigenvalue weighted by Crippen LogP contribution is -2.54. The number of likely N-dealkylation sites (tertiary alicyclic amines) is 1. The van der Waals surface area contributed by atoms with Gasteiger partial charge >= 0.3 is 0 Å². The summed E-state index contributed by atoms with van der Waals surface area (Å²) in [6.45, 7) is 7.66. The second kappa shape index (κ2) is 15.7. The summed E-state index contributed by atoms with van der Waals surface area (Å²) in [7, 11) is 3.16. The predicted molar refractivity (Wildman–Crippen MR) is 166 cm³/mol. The summed E-state index contributed by atoms with van der Waals surface area (Å²) in [4.78, 5) is 58.7. The molecule has 2 aliphatic heterocycles. The molecule has 0 radical (unpaired) electrons. The van der Waals surface area contributed by atoms with E-state index in [1.807, 2.05) is 25.1 Å². The molecular weight excluding hydrogens is 562 g/mol. The molecule has 44 heavy (non-hydrogen) atoms. The van der Waals surface area contributed by atoms with Gasteiger partial charge in [0.2, 0.25) is 17.7 Å². The van der Waals surface area contributed by atoms with Crippen molar-refractivity contribution in [2.75, 3.05) is 46.9 Å². The Morgan fingerprint density at radius 1 is 1.02 bits per heavy atom. The van der Waals surface area contributed by atoms with E-state index < -0.39 is 12.1 Å². The van der Waals surface area contributed by atoms with E-state index in [1.54, 1.807) is 38.1 Å². The van der Waals surface area contributed by atoms with Gasteiger partial charge in [-0.15, -0.1) is 0 Å². The number of nitrogens with one attached hydrogen (secondary N) is 2. The number of methoxy groups -OCH3 is 1. The average molecular weight is 610 g/mol. The monoisotopic (exact) mass is 609 g/mol. The summed E-state index contributed by atoms with van der Waals surface area (Å²) < 4.78 is 11.3. The summed E-state index contributed by atoms with van der Waals surface area (Å²) in [5.41, 5.74) is 1.90. The molecule has 2 N–H and O–H groups in total. The standard InChI is InChI=1S/C33H47N5O6/c1-5-28-25(22-37-16-6-7-17-37)21-29(44-28)33(42)38-18-8-10-30(39)35-27(20-24-11-13-26(43-4)14-12-24)32(41)36(3)23(2)31(40)34-15-9-19-38/h11-14,21,23,27H,5-10,15-20,22H2,1-4H3,(H,34,40)(H,35,39)/t23-,27-/m0/s1. The van der Waals surface area contributed by atoms with Gasteiger partial charge in [0.05, 0.1) is 7.11 Å². The maximum absolute atomic E-state index is 13.7. The fourth-order valence-electron chi connectivity index (χ4n) is 5.79. The molecule has 2 aromatic rings. The van der Waals surface area contributed by atoms with Crippen molar-refractivity contribution in [3.8, 4) is 5.75 Å². The lowest BCUT2D eigenvalue weighted by atomic mass is 10.0. The molecule has 0 bridgehead atoms. The van der Waals surface area contributed by atoms with Gasteiger partial charge in [-0.2, -0.15) is 0 Å². The van der Waals surface area contributed by atoms with Crippen LogP contribution in [0.5, 0.6) is 5.75 Å². The second-order valence-corrected chi connectivity index (χ2v) is 11.7. The maximum Gasteiger partial charge on any atom is 0.289 e. The second-order valence-electron chi connectivity index (χ2n) is 11.7. The van der Waals surface area contributed by atoms with Gasteiger partial charge in [0, 0.05) is 58.1 Å². The molecule has 4 rings (SSSR count). The number of carbonyl (C=O) groups excluding carboxylic acids is 4. The molecule has 2 saturated heterocycles. The van der Waals surface area contributed by atoms with Gasteiger partial charge in [-0.3, -0.25) is 24.1 Å². The highest BCUT2D eigenvalue weighted by Gasteiger charge is 2.30. The Morgan fingerprint density at radius 2 is 1.73 bits per heavy atom. The van der Waals surface area contributed by atoms with Crippen molar-refractivity contribution in [2.45, 2.75) is 77.4 Å². The van der Waals surface area contributed by atoms with Crippen LogP contribution < -0.4 is 15.4 Å². The molecule has 2 aliphatic rings. The molecule has 4 amide bonds. The Morgan fingerprint density at radius 3 is 2.41 bits per heavy atom. The largest absolute Gasteiger partial charge is 0.497 e. The number of amides is 4. The van der Waals surface area contributed by atoms with Crippen LogP contribution in [-0.2, 0) is 33.8 Å². The van der Waals surface area contributed by atoms with Crippen LogP contribution in [-0.4, -0.2) is 97.3 Å². The molecular formula is C33H47N5O6. The van der Waals surface area contributed by atoms with Gasteiger partial charge in [-0.25, -0.2) is 0 Å². The van der Waals surface area contributed by atoms with Crippen molar-refractivity contribution < 1.29 is 28.3 Å². The van der Waals surface area contributed by atoms with E-state index in [9.17, 15) is 19.2 Å². The number of benzene rings is 1. The summed E-state index contributed by atoms with van der Waals surface area (Å²) in [5, 5.41) is 5.79. The smallest absolute Gasteiger partial charge is 0.289 e. The van der Waals surface area contributed by atoms with Crippen molar-refractivity contribution in [2.24, 2.45) is 0 Å². The third kappa shape index (κ3) is 8.62. The highest BCUT2D eigenvalue weighted by atomic mass is 16.5. The van der Waals surface area contributed by atoms with E-state index in [1.165, 1.54) is 17.7 Å². The summed E-state index contributed by atoms with van der Waals surface area (Å²) >= 11 is 0. The Labute approximate surface area is 260 Å². The number of aryl methyl sites for hydroxylation is 1. The zero-order valence-electron chi connectivity index (χ0n) is 26.5. The number of hydrogen-bond donors (Lipinski definition) is 2. The minimum atomic E-state index is -0.858. The SMILES string of the molecule is CCc1oc(C(=O)N2CCCNC(=O)[C@H](C)N(C)C(=O)[C@H](Cc3ccc(OC)cc3)NC(=O)CCC2)cc1CN1CCCC1. The number of hydrogen-bond acceptors (Lipinski definition) is 7. The molecule has 11 nitrogen and oxygen atoms in total. The van der Waals surface area contributed by atoms with Crippen LogP contribution >= 0.6 is 0 Å². The zero-order chi connectivity index (χ0) is 31.6. The lowest BCUT2D eigenvalue weighted by Gasteiger charge is -2.29. The van der Waals surface area contributed by atoms with E-state index >= 15 is 0 Å². The topological polar surface area (TPSA) is 124 Å². The molecule has 1 aromatic carbocycles. The maximum atomic E-state index is 13.7. The summed E-state index contributed by atoms with van der Waals surface area (Å²) in [6.07, 6.45) is 4.42. The fourth-order valence-corrected chi connectivity index (χ4v) is 5.79. The molecule has 2 fully saturated rings. The van der Waals surface area contributed by atoms with Crippen molar-refractivity contribution >= 4 is 23.6 Å². The van der Waals surface area contributed by atoms with E-state index in [0.29, 0.717) is 50.4 Å². The third-order valence-electron chi connectivity index (χ3n) is 8.58. The minimum absolute atomic E-state index is 0.144. The summed E-state index contributed by atoms with van der Waals surface area (Å²) in [5.74, 6) is 0.675. The molecule has 0 aliphatic carbocycles. The quantitative estimate of drug-likeness (QED) is 0.495. The van der Waals surface area contributed by atoms with Crippen molar-refractivity contribution in [3.05, 3.63) is 53.0 Å². The Hall–Kier alpha value is -3.86. The van der Waals surface area contributed by atoms with Crippen molar-refractivity contribution in [3.63, 3.8) is 0 Å². The molecule has 11 heteroatoms. The Balaban J connectivity index is 1.48. The highest BCUT2D eigenvalue weighted by Crippen LogP contribution is 2.22. The molecule has 0 unspecified atom stereocenters. The molecule has 240 valence electrons. The molecule has 1 aromatic heterocycles. The first kappa shape index (κ1) is 33.0. The van der Waals surface area contributed by atoms with E-state index in [2.05, 4.69) is 15.5 Å². The lowest BCUT2D eigenvalue weighted by molar-refractivity contribution is -0.141. The Bertz CT molecular complexity index is 1290. The van der Waals surface area contributed by atoms with Gasteiger partial charge in [0.25, 0.3) is 5.91 Å². The first-order valence-corrected chi connectivity index (χ1v) is 15.8. The minimum Gasteiger partial charge on any atom is -0.497 e. The van der Waals surface area contributed by atoms with Crippen LogP contribution in [0.15, 0.2) is 34.7 Å². The first-order chi connectivity index (χ1) is 21.2. The highest BCUT2D eigenvalue weighted by molar-refractivity contribution is 5.93. The van der Waals surface area contributed by atoms with E-state index in [-0.39, 0.29) is 36.5 Å². The molecule has 0 saturated carbocycles. The van der Waals surface area contributed by atoms with Crippen LogP contribution in [0.2, 0.25) is 0 Å².